The summed E-state index contributed by atoms with van der Waals surface area (Å²) in [7, 11) is -3.85. The van der Waals surface area contributed by atoms with E-state index >= 15 is 0 Å². The van der Waals surface area contributed by atoms with Crippen molar-refractivity contribution >= 4 is 50.7 Å². The maximum atomic E-state index is 13.3. The molecule has 0 saturated carbocycles. The molecule has 0 heterocycles. The molecule has 0 radical (unpaired) electrons. The second kappa shape index (κ2) is 11.9. The topological polar surface area (TPSA) is 162 Å². The smallest absolute Gasteiger partial charge is 0.269 e. The number of amides is 2. The predicted octanol–water partition coefficient (Wildman–Crippen LogP) is 4.97. The van der Waals surface area contributed by atoms with E-state index in [-0.39, 0.29) is 22.1 Å². The van der Waals surface area contributed by atoms with Gasteiger partial charge in [-0.25, -0.2) is 13.6 Å². The summed E-state index contributed by atoms with van der Waals surface area (Å²) in [4.78, 5) is 36.7. The summed E-state index contributed by atoms with van der Waals surface area (Å²) in [5.41, 5.74) is 1.86. The van der Waals surface area contributed by atoms with Crippen molar-refractivity contribution in [3.8, 4) is 0 Å². The number of nitrogens with zero attached hydrogens (tertiary/aromatic N) is 1. The number of primary sulfonamides is 1. The number of nitrogens with two attached hydrogens (primary N) is 1. The number of rotatable bonds is 9. The monoisotopic (exact) mass is 562 g/mol. The molecular weight excluding hydrogens is 540 g/mol. The first-order valence-corrected chi connectivity index (χ1v) is 13.8. The SMILES string of the molecule is NS(=O)(=O)c1ccc(NC(=O)C(Sc2ccc(NC(=O)c3ccc([N+](=O)[O-])cc3)cc2)c2ccccc2)cc1. The highest BCUT2D eigenvalue weighted by molar-refractivity contribution is 8.00. The Morgan fingerprint density at radius 1 is 0.795 bits per heavy atom. The van der Waals surface area contributed by atoms with Gasteiger partial charge in [0.05, 0.1) is 9.82 Å². The van der Waals surface area contributed by atoms with E-state index in [1.54, 1.807) is 24.3 Å². The van der Waals surface area contributed by atoms with Crippen LogP contribution in [-0.2, 0) is 14.8 Å². The van der Waals surface area contributed by atoms with Crippen LogP contribution in [0.4, 0.5) is 17.1 Å². The van der Waals surface area contributed by atoms with Crippen molar-refractivity contribution in [3.63, 3.8) is 0 Å². The quantitative estimate of drug-likeness (QED) is 0.147. The Kier molecular flexibility index (Phi) is 8.39. The molecule has 39 heavy (non-hydrogen) atoms. The highest BCUT2D eigenvalue weighted by Gasteiger charge is 2.22. The van der Waals surface area contributed by atoms with E-state index in [0.29, 0.717) is 11.4 Å². The van der Waals surface area contributed by atoms with Crippen LogP contribution in [0.2, 0.25) is 0 Å². The fourth-order valence-electron chi connectivity index (χ4n) is 3.53. The van der Waals surface area contributed by atoms with Crippen molar-refractivity contribution in [1.82, 2.24) is 0 Å². The number of benzene rings is 4. The van der Waals surface area contributed by atoms with Crippen molar-refractivity contribution in [2.75, 3.05) is 10.6 Å². The number of carbonyl (C=O) groups is 2. The van der Waals surface area contributed by atoms with Gasteiger partial charge in [0.15, 0.2) is 0 Å². The lowest BCUT2D eigenvalue weighted by Crippen LogP contribution is -2.19. The van der Waals surface area contributed by atoms with Crippen molar-refractivity contribution in [1.29, 1.82) is 0 Å². The third-order valence-electron chi connectivity index (χ3n) is 5.50. The summed E-state index contributed by atoms with van der Waals surface area (Å²) in [6.07, 6.45) is 0. The average molecular weight is 563 g/mol. The molecule has 4 aromatic rings. The molecule has 0 saturated heterocycles. The van der Waals surface area contributed by atoms with Crippen LogP contribution in [0.3, 0.4) is 0 Å². The number of anilines is 2. The highest BCUT2D eigenvalue weighted by atomic mass is 32.2. The number of sulfonamides is 1. The lowest BCUT2D eigenvalue weighted by atomic mass is 10.1. The Labute approximate surface area is 228 Å². The fourth-order valence-corrected chi connectivity index (χ4v) is 5.07. The van der Waals surface area contributed by atoms with Crippen molar-refractivity contribution < 1.29 is 22.9 Å². The Hall–Kier alpha value is -4.52. The van der Waals surface area contributed by atoms with Crippen molar-refractivity contribution in [3.05, 3.63) is 124 Å². The van der Waals surface area contributed by atoms with E-state index in [2.05, 4.69) is 10.6 Å². The summed E-state index contributed by atoms with van der Waals surface area (Å²) in [5, 5.41) is 20.9. The summed E-state index contributed by atoms with van der Waals surface area (Å²) in [5.74, 6) is -0.731. The van der Waals surface area contributed by atoms with Gasteiger partial charge in [-0.2, -0.15) is 0 Å². The van der Waals surface area contributed by atoms with Crippen molar-refractivity contribution in [2.24, 2.45) is 5.14 Å². The number of nitrogens with one attached hydrogen (secondary N) is 2. The lowest BCUT2D eigenvalue weighted by Gasteiger charge is -2.17. The second-order valence-electron chi connectivity index (χ2n) is 8.25. The number of nitro benzene ring substituents is 1. The molecule has 4 rings (SSSR count). The fraction of sp³-hybridized carbons (Fsp3) is 0.0370. The van der Waals surface area contributed by atoms with Crippen LogP contribution >= 0.6 is 11.8 Å². The number of hydrogen-bond acceptors (Lipinski definition) is 7. The summed E-state index contributed by atoms with van der Waals surface area (Å²) in [6.45, 7) is 0. The van der Waals surface area contributed by atoms with Gasteiger partial charge in [0.2, 0.25) is 15.9 Å². The minimum Gasteiger partial charge on any atom is -0.325 e. The van der Waals surface area contributed by atoms with Crippen LogP contribution in [0.15, 0.2) is 113 Å². The highest BCUT2D eigenvalue weighted by Crippen LogP contribution is 2.37. The van der Waals surface area contributed by atoms with Crippen LogP contribution in [0.5, 0.6) is 0 Å². The molecule has 198 valence electrons. The van der Waals surface area contributed by atoms with E-state index in [1.165, 1.54) is 60.3 Å². The van der Waals surface area contributed by atoms with E-state index in [1.807, 2.05) is 30.3 Å². The van der Waals surface area contributed by atoms with Gasteiger partial charge in [0.25, 0.3) is 11.6 Å². The largest absolute Gasteiger partial charge is 0.325 e. The van der Waals surface area contributed by atoms with Crippen LogP contribution in [0, 0.1) is 10.1 Å². The van der Waals surface area contributed by atoms with Crippen LogP contribution in [0.1, 0.15) is 21.2 Å². The normalized spacial score (nSPS) is 11.8. The van der Waals surface area contributed by atoms with E-state index in [9.17, 15) is 28.1 Å². The standard InChI is InChI=1S/C27H22N4O6S2/c28-39(36,37)24-16-10-21(11-17-24)30-27(33)25(18-4-2-1-3-5-18)38-23-14-8-20(9-15-23)29-26(32)19-6-12-22(13-7-19)31(34)35/h1-17,25H,(H,29,32)(H,30,33)(H2,28,36,37). The maximum Gasteiger partial charge on any atom is 0.269 e. The van der Waals surface area contributed by atoms with Gasteiger partial charge in [0, 0.05) is 34.0 Å². The molecule has 0 bridgehead atoms. The third kappa shape index (κ3) is 7.29. The minimum absolute atomic E-state index is 0.0600. The third-order valence-corrected chi connectivity index (χ3v) is 7.69. The second-order valence-corrected chi connectivity index (χ2v) is 11.0. The summed E-state index contributed by atoms with van der Waals surface area (Å²) >= 11 is 1.30. The first kappa shape index (κ1) is 27.5. The molecule has 1 atom stereocenters. The molecule has 0 spiro atoms. The molecule has 0 aliphatic rings. The van der Waals surface area contributed by atoms with Gasteiger partial charge in [-0.15, -0.1) is 11.8 Å². The van der Waals surface area contributed by atoms with Crippen LogP contribution in [0.25, 0.3) is 0 Å². The van der Waals surface area contributed by atoms with E-state index < -0.39 is 26.1 Å². The molecule has 0 aromatic heterocycles. The van der Waals surface area contributed by atoms with Gasteiger partial charge in [-0.1, -0.05) is 30.3 Å². The molecule has 4 N–H and O–H groups in total. The van der Waals surface area contributed by atoms with Gasteiger partial charge < -0.3 is 10.6 Å². The van der Waals surface area contributed by atoms with Crippen LogP contribution < -0.4 is 15.8 Å². The first-order valence-electron chi connectivity index (χ1n) is 11.4. The minimum atomic E-state index is -3.85. The molecule has 4 aromatic carbocycles. The van der Waals surface area contributed by atoms with Crippen molar-refractivity contribution in [2.45, 2.75) is 15.0 Å². The molecule has 12 heteroatoms. The maximum absolute atomic E-state index is 13.3. The van der Waals surface area contributed by atoms with Gasteiger partial charge in [0.1, 0.15) is 5.25 Å². The summed E-state index contributed by atoms with van der Waals surface area (Å²) in [6, 6.07) is 26.9. The zero-order chi connectivity index (χ0) is 28.0. The molecule has 0 aliphatic carbocycles. The molecule has 0 aliphatic heterocycles. The van der Waals surface area contributed by atoms with Gasteiger partial charge >= 0.3 is 0 Å². The van der Waals surface area contributed by atoms with Gasteiger partial charge in [-0.3, -0.25) is 19.7 Å². The Morgan fingerprint density at radius 2 is 1.36 bits per heavy atom. The molecule has 0 fully saturated rings. The van der Waals surface area contributed by atoms with Crippen LogP contribution in [-0.4, -0.2) is 25.2 Å². The Bertz CT molecular complexity index is 1590. The average Bonchev–Trinajstić information content (AvgIpc) is 2.93. The molecule has 1 unspecified atom stereocenters. The zero-order valence-corrected chi connectivity index (χ0v) is 21.8. The summed E-state index contributed by atoms with van der Waals surface area (Å²) < 4.78 is 23.0. The number of thioether (sulfide) groups is 1. The first-order chi connectivity index (χ1) is 18.6. The Balaban J connectivity index is 1.46. The molecular formula is C27H22N4O6S2. The number of non-ortho nitro benzene ring substituents is 1. The van der Waals surface area contributed by atoms with Gasteiger partial charge in [-0.05, 0) is 66.2 Å². The van der Waals surface area contributed by atoms with E-state index in [4.69, 9.17) is 5.14 Å². The molecule has 10 nitrogen and oxygen atoms in total. The predicted molar refractivity (Wildman–Crippen MR) is 149 cm³/mol. The zero-order valence-electron chi connectivity index (χ0n) is 20.2. The Morgan fingerprint density at radius 3 is 1.92 bits per heavy atom. The lowest BCUT2D eigenvalue weighted by molar-refractivity contribution is -0.384. The number of nitro groups is 1. The molecule has 2 amide bonds. The number of hydrogen-bond donors (Lipinski definition) is 3. The number of carbonyl (C=O) groups excluding carboxylic acids is 2. The van der Waals surface area contributed by atoms with E-state index in [0.717, 1.165) is 10.5 Å².